The van der Waals surface area contributed by atoms with Crippen LogP contribution in [0.1, 0.15) is 37.0 Å². The van der Waals surface area contributed by atoms with Crippen LogP contribution in [0.15, 0.2) is 18.2 Å². The van der Waals surface area contributed by atoms with Crippen molar-refractivity contribution in [3.8, 4) is 0 Å². The Morgan fingerprint density at radius 1 is 1.25 bits per heavy atom. The molecule has 0 saturated carbocycles. The lowest BCUT2D eigenvalue weighted by molar-refractivity contribution is 0.0305. The molecule has 3 nitrogen and oxygen atoms in total. The largest absolute Gasteiger partial charge is 0.389 e. The second-order valence-electron chi connectivity index (χ2n) is 6.30. The number of benzene rings is 1. The van der Waals surface area contributed by atoms with Crippen LogP contribution in [0.3, 0.4) is 0 Å². The minimum absolute atomic E-state index is 0.671. The van der Waals surface area contributed by atoms with Gasteiger partial charge < -0.3 is 9.84 Å². The summed E-state index contributed by atoms with van der Waals surface area (Å²) in [6, 6.07) is 6.55. The van der Waals surface area contributed by atoms with E-state index in [2.05, 4.69) is 36.9 Å². The Morgan fingerprint density at radius 3 is 2.55 bits per heavy atom. The zero-order valence-electron chi connectivity index (χ0n) is 13.6. The van der Waals surface area contributed by atoms with Crippen LogP contribution in [0.2, 0.25) is 0 Å². The Bertz CT molecular complexity index is 410. The van der Waals surface area contributed by atoms with Crippen molar-refractivity contribution in [1.29, 1.82) is 0 Å². The molecule has 0 spiro atoms. The van der Waals surface area contributed by atoms with Crippen molar-refractivity contribution >= 4 is 0 Å². The van der Waals surface area contributed by atoms with Crippen molar-refractivity contribution in [1.82, 2.24) is 4.90 Å². The third kappa shape index (κ3) is 6.51. The first-order chi connectivity index (χ1) is 9.31. The summed E-state index contributed by atoms with van der Waals surface area (Å²) in [6.07, 6.45) is 0.984. The summed E-state index contributed by atoms with van der Waals surface area (Å²) < 4.78 is 5.13. The zero-order valence-corrected chi connectivity index (χ0v) is 13.6. The summed E-state index contributed by atoms with van der Waals surface area (Å²) in [5.41, 5.74) is 3.26. The van der Waals surface area contributed by atoms with Crippen molar-refractivity contribution in [3.63, 3.8) is 0 Å². The molecule has 0 unspecified atom stereocenters. The van der Waals surface area contributed by atoms with E-state index >= 15 is 0 Å². The minimum atomic E-state index is -0.676. The predicted molar refractivity (Wildman–Crippen MR) is 84.0 cm³/mol. The topological polar surface area (TPSA) is 32.7 Å². The first-order valence-electron chi connectivity index (χ1n) is 7.31. The van der Waals surface area contributed by atoms with Gasteiger partial charge in [0.05, 0.1) is 5.60 Å². The number of aryl methyl sites for hydroxylation is 2. The number of methoxy groups -OCH3 is 1. The number of hydrogen-bond acceptors (Lipinski definition) is 3. The standard InChI is InChI=1S/C17H29NO2/c1-14-7-8-15(2)16(11-14)12-18(9-6-10-20-5)13-17(3,4)19/h7-8,11,19H,6,9-10,12-13H2,1-5H3. The molecular formula is C17H29NO2. The molecule has 0 fully saturated rings. The maximum atomic E-state index is 10.1. The fourth-order valence-corrected chi connectivity index (χ4v) is 2.41. The summed E-state index contributed by atoms with van der Waals surface area (Å²) in [7, 11) is 1.73. The molecule has 3 heteroatoms. The number of nitrogens with zero attached hydrogens (tertiary/aromatic N) is 1. The van der Waals surface area contributed by atoms with Crippen LogP contribution in [0.25, 0.3) is 0 Å². The Kier molecular flexibility index (Phi) is 6.66. The van der Waals surface area contributed by atoms with Crippen LogP contribution in [-0.2, 0) is 11.3 Å². The molecule has 0 radical (unpaired) electrons. The Balaban J connectivity index is 2.74. The Hall–Kier alpha value is -0.900. The maximum absolute atomic E-state index is 10.1. The third-order valence-electron chi connectivity index (χ3n) is 3.33. The molecule has 0 heterocycles. The van der Waals surface area contributed by atoms with Gasteiger partial charge in [0.25, 0.3) is 0 Å². The van der Waals surface area contributed by atoms with E-state index in [0.717, 1.165) is 26.1 Å². The van der Waals surface area contributed by atoms with Crippen LogP contribution in [0, 0.1) is 13.8 Å². The highest BCUT2D eigenvalue weighted by atomic mass is 16.5. The summed E-state index contributed by atoms with van der Waals surface area (Å²) in [5, 5.41) is 10.1. The number of rotatable bonds is 8. The highest BCUT2D eigenvalue weighted by molar-refractivity contribution is 5.30. The van der Waals surface area contributed by atoms with E-state index in [4.69, 9.17) is 4.74 Å². The van der Waals surface area contributed by atoms with Crippen molar-refractivity contribution in [2.24, 2.45) is 0 Å². The van der Waals surface area contributed by atoms with Gasteiger partial charge in [-0.3, -0.25) is 4.90 Å². The summed E-state index contributed by atoms with van der Waals surface area (Å²) in [4.78, 5) is 2.31. The van der Waals surface area contributed by atoms with Crippen molar-refractivity contribution in [3.05, 3.63) is 34.9 Å². The van der Waals surface area contributed by atoms with Gasteiger partial charge in [0, 0.05) is 33.4 Å². The van der Waals surface area contributed by atoms with Gasteiger partial charge in [-0.25, -0.2) is 0 Å². The van der Waals surface area contributed by atoms with Crippen LogP contribution in [0.5, 0.6) is 0 Å². The van der Waals surface area contributed by atoms with Crippen LogP contribution in [-0.4, -0.2) is 42.4 Å². The molecule has 1 aromatic carbocycles. The van der Waals surface area contributed by atoms with Crippen molar-refractivity contribution < 1.29 is 9.84 Å². The smallest absolute Gasteiger partial charge is 0.0718 e. The molecule has 1 N–H and O–H groups in total. The van der Waals surface area contributed by atoms with E-state index in [9.17, 15) is 5.11 Å². The molecule has 0 atom stereocenters. The highest BCUT2D eigenvalue weighted by Crippen LogP contribution is 2.15. The third-order valence-corrected chi connectivity index (χ3v) is 3.33. The molecule has 0 saturated heterocycles. The summed E-state index contributed by atoms with van der Waals surface area (Å²) in [6.45, 7) is 11.2. The van der Waals surface area contributed by atoms with Crippen LogP contribution >= 0.6 is 0 Å². The van der Waals surface area contributed by atoms with Gasteiger partial charge in [0.1, 0.15) is 0 Å². The van der Waals surface area contributed by atoms with E-state index in [-0.39, 0.29) is 0 Å². The average molecular weight is 279 g/mol. The maximum Gasteiger partial charge on any atom is 0.0718 e. The molecule has 20 heavy (non-hydrogen) atoms. The van der Waals surface area contributed by atoms with E-state index in [1.165, 1.54) is 16.7 Å². The van der Waals surface area contributed by atoms with Gasteiger partial charge in [0.2, 0.25) is 0 Å². The fourth-order valence-electron chi connectivity index (χ4n) is 2.41. The Labute approximate surface area is 123 Å². The molecule has 0 aliphatic carbocycles. The first kappa shape index (κ1) is 17.2. The van der Waals surface area contributed by atoms with E-state index in [1.54, 1.807) is 7.11 Å². The predicted octanol–water partition coefficient (Wildman–Crippen LogP) is 2.91. The molecular weight excluding hydrogens is 250 g/mol. The lowest BCUT2D eigenvalue weighted by Gasteiger charge is -2.29. The molecule has 114 valence electrons. The molecule has 0 amide bonds. The van der Waals surface area contributed by atoms with Gasteiger partial charge in [-0.15, -0.1) is 0 Å². The summed E-state index contributed by atoms with van der Waals surface area (Å²) in [5.74, 6) is 0. The Morgan fingerprint density at radius 2 is 1.95 bits per heavy atom. The van der Waals surface area contributed by atoms with E-state index in [1.807, 2.05) is 13.8 Å². The van der Waals surface area contributed by atoms with Crippen LogP contribution in [0.4, 0.5) is 0 Å². The van der Waals surface area contributed by atoms with Gasteiger partial charge in [0.15, 0.2) is 0 Å². The molecule has 0 aliphatic rings. The molecule has 1 rings (SSSR count). The first-order valence-corrected chi connectivity index (χ1v) is 7.31. The fraction of sp³-hybridized carbons (Fsp3) is 0.647. The number of aliphatic hydroxyl groups is 1. The molecule has 0 aromatic heterocycles. The lowest BCUT2D eigenvalue weighted by atomic mass is 10.0. The summed E-state index contributed by atoms with van der Waals surface area (Å²) >= 11 is 0. The molecule has 0 bridgehead atoms. The second kappa shape index (κ2) is 7.77. The SMILES string of the molecule is COCCCN(Cc1cc(C)ccc1C)CC(C)(C)O. The van der Waals surface area contributed by atoms with E-state index in [0.29, 0.717) is 6.54 Å². The quantitative estimate of drug-likeness (QED) is 0.743. The zero-order chi connectivity index (χ0) is 15.2. The van der Waals surface area contributed by atoms with Crippen molar-refractivity contribution in [2.75, 3.05) is 26.8 Å². The number of hydrogen-bond donors (Lipinski definition) is 1. The van der Waals surface area contributed by atoms with E-state index < -0.39 is 5.60 Å². The van der Waals surface area contributed by atoms with Gasteiger partial charge in [-0.1, -0.05) is 23.8 Å². The van der Waals surface area contributed by atoms with Crippen LogP contribution < -0.4 is 0 Å². The van der Waals surface area contributed by atoms with Gasteiger partial charge in [-0.2, -0.15) is 0 Å². The van der Waals surface area contributed by atoms with Gasteiger partial charge in [-0.05, 0) is 45.2 Å². The normalized spacial score (nSPS) is 12.2. The lowest BCUT2D eigenvalue weighted by Crippen LogP contribution is -2.39. The van der Waals surface area contributed by atoms with Crippen molar-refractivity contribution in [2.45, 2.75) is 46.3 Å². The molecule has 1 aromatic rings. The number of ether oxygens (including phenoxy) is 1. The molecule has 0 aliphatic heterocycles. The second-order valence-corrected chi connectivity index (χ2v) is 6.30. The average Bonchev–Trinajstić information content (AvgIpc) is 2.32. The monoisotopic (exact) mass is 279 g/mol. The van der Waals surface area contributed by atoms with Gasteiger partial charge >= 0.3 is 0 Å². The highest BCUT2D eigenvalue weighted by Gasteiger charge is 2.18. The minimum Gasteiger partial charge on any atom is -0.389 e.